The van der Waals surface area contributed by atoms with Gasteiger partial charge in [0.25, 0.3) is 0 Å². The van der Waals surface area contributed by atoms with Crippen molar-refractivity contribution in [2.24, 2.45) is 5.92 Å². The molecule has 0 radical (unpaired) electrons. The van der Waals surface area contributed by atoms with E-state index in [2.05, 4.69) is 4.74 Å². The summed E-state index contributed by atoms with van der Waals surface area (Å²) in [6.45, 7) is 2.02. The first kappa shape index (κ1) is 7.25. The van der Waals surface area contributed by atoms with Crippen molar-refractivity contribution in [3.8, 4) is 0 Å². The number of ketones is 1. The van der Waals surface area contributed by atoms with E-state index in [-0.39, 0.29) is 30.7 Å². The number of carbonyl (C=O) groups is 2. The summed E-state index contributed by atoms with van der Waals surface area (Å²) in [6, 6.07) is 0. The Morgan fingerprint density at radius 2 is 2.20 bits per heavy atom. The lowest BCUT2D eigenvalue weighted by Gasteiger charge is -1.99. The molecule has 1 aliphatic rings. The third kappa shape index (κ3) is 1.56. The van der Waals surface area contributed by atoms with Crippen LogP contribution in [0.4, 0.5) is 0 Å². The van der Waals surface area contributed by atoms with Gasteiger partial charge in [0.05, 0.1) is 13.0 Å². The summed E-state index contributed by atoms with van der Waals surface area (Å²) in [5.74, 6) is -0.265. The van der Waals surface area contributed by atoms with Gasteiger partial charge in [0.1, 0.15) is 5.78 Å². The molecule has 0 amide bonds. The molecule has 56 valence electrons. The molecule has 0 aliphatic carbocycles. The minimum atomic E-state index is -0.252. The number of hydrogen-bond acceptors (Lipinski definition) is 3. The van der Waals surface area contributed by atoms with E-state index in [0.717, 1.165) is 0 Å². The summed E-state index contributed by atoms with van der Waals surface area (Å²) in [5.41, 5.74) is 0. The van der Waals surface area contributed by atoms with Crippen LogP contribution in [0.5, 0.6) is 0 Å². The number of hydrogen-bond donors (Lipinski definition) is 0. The van der Waals surface area contributed by atoms with E-state index in [1.165, 1.54) is 0 Å². The first-order valence-corrected chi connectivity index (χ1v) is 3.38. The second-order valence-electron chi connectivity index (χ2n) is 2.54. The van der Waals surface area contributed by atoms with Crippen molar-refractivity contribution in [3.63, 3.8) is 0 Å². The summed E-state index contributed by atoms with van der Waals surface area (Å²) >= 11 is 0. The van der Waals surface area contributed by atoms with Gasteiger partial charge in [-0.3, -0.25) is 9.59 Å². The zero-order valence-electron chi connectivity index (χ0n) is 5.92. The minimum absolute atomic E-state index is 0.130. The Balaban J connectivity index is 2.57. The van der Waals surface area contributed by atoms with Gasteiger partial charge in [0.2, 0.25) is 0 Å². The molecule has 10 heavy (non-hydrogen) atoms. The lowest BCUT2D eigenvalue weighted by Crippen LogP contribution is -2.10. The van der Waals surface area contributed by atoms with Crippen LogP contribution in [-0.4, -0.2) is 18.4 Å². The Morgan fingerprint density at radius 3 is 2.90 bits per heavy atom. The Labute approximate surface area is 59.4 Å². The lowest BCUT2D eigenvalue weighted by atomic mass is 10.0. The van der Waals surface area contributed by atoms with E-state index in [9.17, 15) is 9.59 Å². The molecule has 1 rings (SSSR count). The maximum absolute atomic E-state index is 10.9. The molecule has 1 unspecified atom stereocenters. The highest BCUT2D eigenvalue weighted by Crippen LogP contribution is 2.11. The molecule has 0 saturated carbocycles. The smallest absolute Gasteiger partial charge is 0.306 e. The van der Waals surface area contributed by atoms with Gasteiger partial charge in [-0.2, -0.15) is 0 Å². The average Bonchev–Trinajstić information content (AvgIpc) is 1.96. The number of rotatable bonds is 0. The standard InChI is InChI=1S/C7H10O3/c1-5-4-7(9)10-3-2-6(5)8/h5H,2-4H2,1H3. The maximum Gasteiger partial charge on any atom is 0.306 e. The van der Waals surface area contributed by atoms with Crippen LogP contribution in [0.2, 0.25) is 0 Å². The Hall–Kier alpha value is -0.860. The molecule has 0 aromatic carbocycles. The summed E-state index contributed by atoms with van der Waals surface area (Å²) in [7, 11) is 0. The SMILES string of the molecule is CC1CC(=O)OCCC1=O. The Bertz CT molecular complexity index is 162. The van der Waals surface area contributed by atoms with E-state index in [1.807, 2.05) is 0 Å². The molecule has 1 heterocycles. The van der Waals surface area contributed by atoms with Crippen LogP contribution in [0, 0.1) is 5.92 Å². The number of ether oxygens (including phenoxy) is 1. The van der Waals surface area contributed by atoms with Crippen LogP contribution in [0.3, 0.4) is 0 Å². The van der Waals surface area contributed by atoms with Gasteiger partial charge in [-0.15, -0.1) is 0 Å². The predicted octanol–water partition coefficient (Wildman–Crippen LogP) is 0.529. The minimum Gasteiger partial charge on any atom is -0.465 e. The zero-order valence-corrected chi connectivity index (χ0v) is 5.92. The van der Waals surface area contributed by atoms with Gasteiger partial charge >= 0.3 is 5.97 Å². The number of cyclic esters (lactones) is 1. The maximum atomic E-state index is 10.9. The third-order valence-electron chi connectivity index (χ3n) is 1.63. The lowest BCUT2D eigenvalue weighted by molar-refractivity contribution is -0.143. The van der Waals surface area contributed by atoms with E-state index in [4.69, 9.17) is 0 Å². The largest absolute Gasteiger partial charge is 0.465 e. The van der Waals surface area contributed by atoms with E-state index in [1.54, 1.807) is 6.92 Å². The molecule has 0 aromatic heterocycles. The van der Waals surface area contributed by atoms with Crippen LogP contribution in [0.1, 0.15) is 19.8 Å². The molecule has 0 N–H and O–H groups in total. The van der Waals surface area contributed by atoms with Crippen molar-refractivity contribution < 1.29 is 14.3 Å². The number of Topliss-reactive ketones (excluding diaryl/α,β-unsaturated/α-hetero) is 1. The highest BCUT2D eigenvalue weighted by molar-refractivity contribution is 5.86. The van der Waals surface area contributed by atoms with Crippen molar-refractivity contribution in [1.82, 2.24) is 0 Å². The van der Waals surface area contributed by atoms with E-state index < -0.39 is 0 Å². The third-order valence-corrected chi connectivity index (χ3v) is 1.63. The summed E-state index contributed by atoms with van der Waals surface area (Å²) in [5, 5.41) is 0. The molecule has 1 fully saturated rings. The summed E-state index contributed by atoms with van der Waals surface area (Å²) in [6.07, 6.45) is 0.631. The van der Waals surface area contributed by atoms with Gasteiger partial charge in [0.15, 0.2) is 0 Å². The molecule has 1 atom stereocenters. The van der Waals surface area contributed by atoms with Gasteiger partial charge in [-0.1, -0.05) is 6.92 Å². The molecule has 3 heteroatoms. The van der Waals surface area contributed by atoms with Crippen LogP contribution in [0.25, 0.3) is 0 Å². The Kier molecular flexibility index (Phi) is 2.04. The fourth-order valence-electron chi connectivity index (χ4n) is 0.935. The van der Waals surface area contributed by atoms with Gasteiger partial charge in [-0.25, -0.2) is 0 Å². The van der Waals surface area contributed by atoms with E-state index in [0.29, 0.717) is 6.42 Å². The van der Waals surface area contributed by atoms with Gasteiger partial charge < -0.3 is 4.74 Å². The van der Waals surface area contributed by atoms with Crippen LogP contribution < -0.4 is 0 Å². The van der Waals surface area contributed by atoms with Crippen molar-refractivity contribution in [2.75, 3.05) is 6.61 Å². The van der Waals surface area contributed by atoms with Crippen LogP contribution >= 0.6 is 0 Å². The van der Waals surface area contributed by atoms with Gasteiger partial charge in [-0.05, 0) is 0 Å². The molecule has 3 nitrogen and oxygen atoms in total. The molecule has 1 saturated heterocycles. The predicted molar refractivity (Wildman–Crippen MR) is 34.4 cm³/mol. The fourth-order valence-corrected chi connectivity index (χ4v) is 0.935. The monoisotopic (exact) mass is 142 g/mol. The second kappa shape index (κ2) is 2.82. The van der Waals surface area contributed by atoms with Crippen molar-refractivity contribution in [1.29, 1.82) is 0 Å². The fraction of sp³-hybridized carbons (Fsp3) is 0.714. The first-order chi connectivity index (χ1) is 4.70. The summed E-state index contributed by atoms with van der Waals surface area (Å²) in [4.78, 5) is 21.6. The van der Waals surface area contributed by atoms with E-state index >= 15 is 0 Å². The number of carbonyl (C=O) groups excluding carboxylic acids is 2. The van der Waals surface area contributed by atoms with Crippen molar-refractivity contribution >= 4 is 11.8 Å². The van der Waals surface area contributed by atoms with Gasteiger partial charge in [0, 0.05) is 12.3 Å². The van der Waals surface area contributed by atoms with Crippen molar-refractivity contribution in [3.05, 3.63) is 0 Å². The molecular formula is C7H10O3. The van der Waals surface area contributed by atoms with Crippen LogP contribution in [-0.2, 0) is 14.3 Å². The quantitative estimate of drug-likeness (QED) is 0.463. The molecule has 0 spiro atoms. The Morgan fingerprint density at radius 1 is 1.50 bits per heavy atom. The van der Waals surface area contributed by atoms with Crippen molar-refractivity contribution in [2.45, 2.75) is 19.8 Å². The molecule has 1 aliphatic heterocycles. The molecular weight excluding hydrogens is 132 g/mol. The first-order valence-electron chi connectivity index (χ1n) is 3.38. The average molecular weight is 142 g/mol. The number of esters is 1. The highest BCUT2D eigenvalue weighted by Gasteiger charge is 2.21. The summed E-state index contributed by atoms with van der Waals surface area (Å²) < 4.78 is 4.68. The zero-order chi connectivity index (χ0) is 7.56. The topological polar surface area (TPSA) is 43.4 Å². The normalized spacial score (nSPS) is 27.5. The second-order valence-corrected chi connectivity index (χ2v) is 2.54. The molecule has 0 aromatic rings. The highest BCUT2D eigenvalue weighted by atomic mass is 16.5. The van der Waals surface area contributed by atoms with Crippen LogP contribution in [0.15, 0.2) is 0 Å². The molecule has 0 bridgehead atoms.